The van der Waals surface area contributed by atoms with Gasteiger partial charge in [-0.2, -0.15) is 5.10 Å². The number of methoxy groups -OCH3 is 2. The van der Waals surface area contributed by atoms with Gasteiger partial charge in [-0.15, -0.1) is 0 Å². The maximum absolute atomic E-state index is 10.6. The van der Waals surface area contributed by atoms with Gasteiger partial charge in [-0.1, -0.05) is 44.0 Å². The van der Waals surface area contributed by atoms with Gasteiger partial charge in [0, 0.05) is 32.8 Å². The minimum atomic E-state index is -0.385. The average Bonchev–Trinajstić information content (AvgIpc) is 3.16. The number of aromatic nitrogens is 2. The van der Waals surface area contributed by atoms with E-state index < -0.39 is 0 Å². The Morgan fingerprint density at radius 3 is 2.53 bits per heavy atom. The molecule has 0 fully saturated rings. The Morgan fingerprint density at radius 2 is 1.82 bits per heavy atom. The third kappa shape index (κ3) is 7.06. The Morgan fingerprint density at radius 1 is 1.06 bits per heavy atom. The lowest BCUT2D eigenvalue weighted by Gasteiger charge is -2.25. The number of nitrogens with zero attached hydrogens (tertiary/aromatic N) is 3. The van der Waals surface area contributed by atoms with Crippen LogP contribution in [0.25, 0.3) is 5.69 Å². The van der Waals surface area contributed by atoms with Crippen LogP contribution >= 0.6 is 0 Å². The van der Waals surface area contributed by atoms with Gasteiger partial charge in [0.25, 0.3) is 0 Å². The minimum absolute atomic E-state index is 0.385. The minimum Gasteiger partial charge on any atom is -0.497 e. The van der Waals surface area contributed by atoms with Gasteiger partial charge in [-0.05, 0) is 37.6 Å². The van der Waals surface area contributed by atoms with Gasteiger partial charge in [0.15, 0.2) is 0 Å². The van der Waals surface area contributed by atoms with E-state index in [1.54, 1.807) is 14.2 Å². The molecule has 7 nitrogen and oxygen atoms in total. The topological polar surface area (TPSA) is 69.0 Å². The number of aliphatic hydroxyl groups is 1. The first-order valence-corrected chi connectivity index (χ1v) is 11.9. The molecule has 0 spiro atoms. The fourth-order valence-electron chi connectivity index (χ4n) is 3.85. The first-order valence-electron chi connectivity index (χ1n) is 11.9. The van der Waals surface area contributed by atoms with Gasteiger partial charge in [-0.25, -0.2) is 4.68 Å². The summed E-state index contributed by atoms with van der Waals surface area (Å²) in [4.78, 5) is 2.21. The number of ether oxygens (including phenoxy) is 3. The number of hydrogen-bond donors (Lipinski definition) is 1. The molecule has 0 bridgehead atoms. The van der Waals surface area contributed by atoms with Crippen molar-refractivity contribution >= 4 is 0 Å². The van der Waals surface area contributed by atoms with E-state index in [1.807, 2.05) is 66.2 Å². The predicted octanol–water partition coefficient (Wildman–Crippen LogP) is 4.98. The van der Waals surface area contributed by atoms with Crippen molar-refractivity contribution in [2.24, 2.45) is 0 Å². The predicted molar refractivity (Wildman–Crippen MR) is 134 cm³/mol. The summed E-state index contributed by atoms with van der Waals surface area (Å²) in [5.74, 6) is 2.05. The fraction of sp³-hybridized carbons (Fsp3) is 0.444. The van der Waals surface area contributed by atoms with Crippen LogP contribution in [-0.2, 0) is 11.3 Å². The largest absolute Gasteiger partial charge is 0.497 e. The Bertz CT molecular complexity index is 1010. The van der Waals surface area contributed by atoms with Gasteiger partial charge in [0.1, 0.15) is 11.5 Å². The van der Waals surface area contributed by atoms with Crippen LogP contribution in [0.4, 0.5) is 0 Å². The number of rotatable bonds is 14. The SMILES string of the molecule is CCCCC(O)CN(CCOC)Cc1c(C)nn(-c2ccccc2)c1Oc1cccc(OC)c1. The Kier molecular flexibility index (Phi) is 9.94. The van der Waals surface area contributed by atoms with Gasteiger partial charge in [0.2, 0.25) is 5.88 Å². The Hall–Kier alpha value is -2.87. The first-order chi connectivity index (χ1) is 16.5. The van der Waals surface area contributed by atoms with E-state index in [2.05, 4.69) is 11.8 Å². The van der Waals surface area contributed by atoms with E-state index in [4.69, 9.17) is 19.3 Å². The number of benzene rings is 2. The van der Waals surface area contributed by atoms with Crippen molar-refractivity contribution in [3.63, 3.8) is 0 Å². The summed E-state index contributed by atoms with van der Waals surface area (Å²) in [6.45, 7) is 6.57. The van der Waals surface area contributed by atoms with Gasteiger partial charge < -0.3 is 19.3 Å². The Labute approximate surface area is 202 Å². The summed E-state index contributed by atoms with van der Waals surface area (Å²) < 4.78 is 19.0. The summed E-state index contributed by atoms with van der Waals surface area (Å²) in [5, 5.41) is 15.4. The van der Waals surface area contributed by atoms with Gasteiger partial charge >= 0.3 is 0 Å². The van der Waals surface area contributed by atoms with E-state index in [9.17, 15) is 5.11 Å². The zero-order valence-corrected chi connectivity index (χ0v) is 20.7. The summed E-state index contributed by atoms with van der Waals surface area (Å²) >= 11 is 0. The molecule has 7 heteroatoms. The average molecular weight is 468 g/mol. The van der Waals surface area contributed by atoms with E-state index in [0.29, 0.717) is 37.9 Å². The highest BCUT2D eigenvalue weighted by molar-refractivity contribution is 5.44. The lowest BCUT2D eigenvalue weighted by molar-refractivity contribution is 0.0786. The molecular formula is C27H37N3O4. The quantitative estimate of drug-likeness (QED) is 0.361. The molecule has 1 N–H and O–H groups in total. The van der Waals surface area contributed by atoms with E-state index in [-0.39, 0.29) is 6.10 Å². The molecule has 0 radical (unpaired) electrons. The molecule has 1 atom stereocenters. The van der Waals surface area contributed by atoms with Crippen LogP contribution in [0.5, 0.6) is 17.4 Å². The lowest BCUT2D eigenvalue weighted by Crippen LogP contribution is -2.34. The van der Waals surface area contributed by atoms with Crippen molar-refractivity contribution < 1.29 is 19.3 Å². The van der Waals surface area contributed by atoms with Gasteiger partial charge in [0.05, 0.1) is 36.8 Å². The number of hydrogen-bond acceptors (Lipinski definition) is 6. The molecular weight excluding hydrogens is 430 g/mol. The Balaban J connectivity index is 1.96. The van der Waals surface area contributed by atoms with Crippen molar-refractivity contribution in [2.45, 2.75) is 45.8 Å². The molecule has 184 valence electrons. The van der Waals surface area contributed by atoms with E-state index in [0.717, 1.165) is 42.0 Å². The number of para-hydroxylation sites is 1. The van der Waals surface area contributed by atoms with Crippen LogP contribution < -0.4 is 9.47 Å². The molecule has 0 saturated carbocycles. The lowest BCUT2D eigenvalue weighted by atomic mass is 10.1. The molecule has 34 heavy (non-hydrogen) atoms. The maximum Gasteiger partial charge on any atom is 0.227 e. The van der Waals surface area contributed by atoms with Crippen LogP contribution in [0.2, 0.25) is 0 Å². The highest BCUT2D eigenvalue weighted by atomic mass is 16.5. The molecule has 3 aromatic rings. The first kappa shape index (κ1) is 25.7. The number of unbranched alkanes of at least 4 members (excludes halogenated alkanes) is 1. The number of aliphatic hydroxyl groups excluding tert-OH is 1. The van der Waals surface area contributed by atoms with Crippen molar-refractivity contribution in [3.8, 4) is 23.1 Å². The molecule has 1 heterocycles. The summed E-state index contributed by atoms with van der Waals surface area (Å²) in [7, 11) is 3.34. The third-order valence-corrected chi connectivity index (χ3v) is 5.75. The maximum atomic E-state index is 10.6. The summed E-state index contributed by atoms with van der Waals surface area (Å²) in [5.41, 5.74) is 2.78. The molecule has 0 saturated heterocycles. The second-order valence-electron chi connectivity index (χ2n) is 8.42. The molecule has 0 aliphatic carbocycles. The van der Waals surface area contributed by atoms with E-state index >= 15 is 0 Å². The molecule has 0 aliphatic rings. The monoisotopic (exact) mass is 467 g/mol. The highest BCUT2D eigenvalue weighted by Gasteiger charge is 2.22. The fourth-order valence-corrected chi connectivity index (χ4v) is 3.85. The molecule has 3 rings (SSSR count). The van der Waals surface area contributed by atoms with Crippen molar-refractivity contribution in [1.29, 1.82) is 0 Å². The zero-order chi connectivity index (χ0) is 24.3. The second-order valence-corrected chi connectivity index (χ2v) is 8.42. The normalized spacial score (nSPS) is 12.2. The summed E-state index contributed by atoms with van der Waals surface area (Å²) in [6, 6.07) is 17.5. The molecule has 1 unspecified atom stereocenters. The molecule has 2 aromatic carbocycles. The standard InChI is InChI=1S/C27H37N3O4/c1-5-6-13-23(31)19-29(16-17-32-3)20-26-21(2)28-30(22-11-8-7-9-12-22)27(26)34-25-15-10-14-24(18-25)33-4/h7-12,14-15,18,23,31H,5-6,13,16-17,19-20H2,1-4H3. The van der Waals surface area contributed by atoms with Crippen molar-refractivity contribution in [1.82, 2.24) is 14.7 Å². The van der Waals surface area contributed by atoms with Crippen LogP contribution in [0.15, 0.2) is 54.6 Å². The van der Waals surface area contributed by atoms with Crippen molar-refractivity contribution in [3.05, 3.63) is 65.9 Å². The molecule has 1 aromatic heterocycles. The van der Waals surface area contributed by atoms with Crippen LogP contribution in [-0.4, -0.2) is 59.8 Å². The number of aryl methyl sites for hydroxylation is 1. The van der Waals surface area contributed by atoms with Gasteiger partial charge in [-0.3, -0.25) is 4.90 Å². The smallest absolute Gasteiger partial charge is 0.227 e. The molecule has 0 aliphatic heterocycles. The summed E-state index contributed by atoms with van der Waals surface area (Å²) in [6.07, 6.45) is 2.48. The molecule has 0 amide bonds. The van der Waals surface area contributed by atoms with Crippen LogP contribution in [0, 0.1) is 6.92 Å². The third-order valence-electron chi connectivity index (χ3n) is 5.75. The highest BCUT2D eigenvalue weighted by Crippen LogP contribution is 2.33. The van der Waals surface area contributed by atoms with Crippen LogP contribution in [0.3, 0.4) is 0 Å². The van der Waals surface area contributed by atoms with E-state index in [1.165, 1.54) is 0 Å². The zero-order valence-electron chi connectivity index (χ0n) is 20.7. The van der Waals surface area contributed by atoms with Crippen LogP contribution in [0.1, 0.15) is 37.4 Å². The second kappa shape index (κ2) is 13.1. The van der Waals surface area contributed by atoms with Crippen molar-refractivity contribution in [2.75, 3.05) is 33.9 Å².